The maximum absolute atomic E-state index is 12.2. The largest absolute Gasteiger partial charge is 0.493 e. The molecule has 118 valence electrons. The average Bonchev–Trinajstić information content (AvgIpc) is 3.24. The molecule has 6 heteroatoms. The van der Waals surface area contributed by atoms with Crippen LogP contribution in [0.15, 0.2) is 57.7 Å². The SMILES string of the molecule is CCOc1ccccc1C(=O)OCc1cc(-c2ccco2)on1. The highest BCUT2D eigenvalue weighted by atomic mass is 16.5. The van der Waals surface area contributed by atoms with Crippen LogP contribution in [0.3, 0.4) is 0 Å². The van der Waals surface area contributed by atoms with Crippen molar-refractivity contribution in [1.29, 1.82) is 0 Å². The molecule has 23 heavy (non-hydrogen) atoms. The molecule has 0 spiro atoms. The van der Waals surface area contributed by atoms with Gasteiger partial charge in [0.2, 0.25) is 5.76 Å². The third-order valence-electron chi connectivity index (χ3n) is 3.08. The molecule has 0 unspecified atom stereocenters. The lowest BCUT2D eigenvalue weighted by Crippen LogP contribution is -2.08. The van der Waals surface area contributed by atoms with Crippen molar-refractivity contribution in [3.05, 3.63) is 60.0 Å². The zero-order valence-corrected chi connectivity index (χ0v) is 12.5. The molecule has 0 atom stereocenters. The van der Waals surface area contributed by atoms with E-state index in [1.54, 1.807) is 48.7 Å². The number of esters is 1. The molecule has 0 saturated carbocycles. The van der Waals surface area contributed by atoms with Gasteiger partial charge in [0.05, 0.1) is 12.9 Å². The number of hydrogen-bond donors (Lipinski definition) is 0. The Balaban J connectivity index is 1.65. The van der Waals surface area contributed by atoms with Gasteiger partial charge in [-0.25, -0.2) is 4.79 Å². The van der Waals surface area contributed by atoms with Gasteiger partial charge in [-0.2, -0.15) is 0 Å². The van der Waals surface area contributed by atoms with Gasteiger partial charge >= 0.3 is 5.97 Å². The minimum Gasteiger partial charge on any atom is -0.493 e. The number of furan rings is 1. The van der Waals surface area contributed by atoms with Gasteiger partial charge in [0.1, 0.15) is 23.6 Å². The van der Waals surface area contributed by atoms with E-state index in [4.69, 9.17) is 18.4 Å². The van der Waals surface area contributed by atoms with Crippen molar-refractivity contribution >= 4 is 5.97 Å². The lowest BCUT2D eigenvalue weighted by Gasteiger charge is -2.08. The highest BCUT2D eigenvalue weighted by Crippen LogP contribution is 2.22. The molecule has 6 nitrogen and oxygen atoms in total. The smallest absolute Gasteiger partial charge is 0.342 e. The zero-order chi connectivity index (χ0) is 16.1. The monoisotopic (exact) mass is 313 g/mol. The van der Waals surface area contributed by atoms with Gasteiger partial charge in [0.25, 0.3) is 0 Å². The zero-order valence-electron chi connectivity index (χ0n) is 12.5. The summed E-state index contributed by atoms with van der Waals surface area (Å²) in [5, 5.41) is 3.85. The van der Waals surface area contributed by atoms with Crippen molar-refractivity contribution in [2.75, 3.05) is 6.61 Å². The Bertz CT molecular complexity index is 776. The Kier molecular flexibility index (Phi) is 4.42. The summed E-state index contributed by atoms with van der Waals surface area (Å²) >= 11 is 0. The van der Waals surface area contributed by atoms with Gasteiger partial charge in [0.15, 0.2) is 5.76 Å². The lowest BCUT2D eigenvalue weighted by molar-refractivity contribution is 0.0460. The summed E-state index contributed by atoms with van der Waals surface area (Å²) in [7, 11) is 0. The molecule has 3 aromatic rings. The van der Waals surface area contributed by atoms with Crippen LogP contribution in [0.1, 0.15) is 23.0 Å². The van der Waals surface area contributed by atoms with Crippen LogP contribution < -0.4 is 4.74 Å². The van der Waals surface area contributed by atoms with Crippen LogP contribution in [0, 0.1) is 0 Å². The van der Waals surface area contributed by atoms with Crippen LogP contribution in [0.5, 0.6) is 5.75 Å². The molecule has 0 saturated heterocycles. The summed E-state index contributed by atoms with van der Waals surface area (Å²) < 4.78 is 21.0. The summed E-state index contributed by atoms with van der Waals surface area (Å²) in [6.45, 7) is 2.33. The van der Waals surface area contributed by atoms with Crippen molar-refractivity contribution in [2.24, 2.45) is 0 Å². The predicted molar refractivity (Wildman–Crippen MR) is 80.9 cm³/mol. The number of nitrogens with zero attached hydrogens (tertiary/aromatic N) is 1. The third kappa shape index (κ3) is 3.42. The fraction of sp³-hybridized carbons (Fsp3) is 0.176. The highest BCUT2D eigenvalue weighted by Gasteiger charge is 2.15. The Labute approximate surface area is 132 Å². The summed E-state index contributed by atoms with van der Waals surface area (Å²) in [6, 6.07) is 12.1. The first-order valence-corrected chi connectivity index (χ1v) is 7.16. The van der Waals surface area contributed by atoms with Crippen LogP contribution in [0.4, 0.5) is 0 Å². The molecule has 2 aromatic heterocycles. The predicted octanol–water partition coefficient (Wildman–Crippen LogP) is 3.69. The number of ether oxygens (including phenoxy) is 2. The first-order valence-electron chi connectivity index (χ1n) is 7.16. The van der Waals surface area contributed by atoms with Crippen LogP contribution in [-0.2, 0) is 11.3 Å². The van der Waals surface area contributed by atoms with Crippen molar-refractivity contribution in [1.82, 2.24) is 5.16 Å². The van der Waals surface area contributed by atoms with E-state index in [2.05, 4.69) is 5.16 Å². The van der Waals surface area contributed by atoms with Crippen molar-refractivity contribution in [3.63, 3.8) is 0 Å². The summed E-state index contributed by atoms with van der Waals surface area (Å²) in [4.78, 5) is 12.2. The Morgan fingerprint density at radius 3 is 2.83 bits per heavy atom. The van der Waals surface area contributed by atoms with Gasteiger partial charge in [-0.15, -0.1) is 0 Å². The molecule has 0 N–H and O–H groups in total. The van der Waals surface area contributed by atoms with Gasteiger partial charge in [-0.3, -0.25) is 0 Å². The number of para-hydroxylation sites is 1. The topological polar surface area (TPSA) is 74.7 Å². The van der Waals surface area contributed by atoms with Gasteiger partial charge in [-0.05, 0) is 31.2 Å². The van der Waals surface area contributed by atoms with Gasteiger partial charge in [-0.1, -0.05) is 17.3 Å². The standard InChI is InChI=1S/C17H15NO5/c1-2-20-14-7-4-3-6-13(14)17(19)22-11-12-10-16(23-18-12)15-8-5-9-21-15/h3-10H,2,11H2,1H3. The maximum atomic E-state index is 12.2. The van der Waals surface area contributed by atoms with Crippen LogP contribution in [0.25, 0.3) is 11.5 Å². The second-order valence-corrected chi connectivity index (χ2v) is 4.67. The Morgan fingerprint density at radius 2 is 2.04 bits per heavy atom. The van der Waals surface area contributed by atoms with Crippen molar-refractivity contribution in [2.45, 2.75) is 13.5 Å². The number of carbonyl (C=O) groups is 1. The Morgan fingerprint density at radius 1 is 1.17 bits per heavy atom. The fourth-order valence-corrected chi connectivity index (χ4v) is 2.05. The van der Waals surface area contributed by atoms with Crippen LogP contribution >= 0.6 is 0 Å². The molecular weight excluding hydrogens is 298 g/mol. The van der Waals surface area contributed by atoms with E-state index in [-0.39, 0.29) is 6.61 Å². The molecule has 0 bridgehead atoms. The number of benzene rings is 1. The van der Waals surface area contributed by atoms with Crippen molar-refractivity contribution in [3.8, 4) is 17.3 Å². The molecule has 3 rings (SSSR count). The van der Waals surface area contributed by atoms with Crippen LogP contribution in [-0.4, -0.2) is 17.7 Å². The number of rotatable bonds is 6. The molecule has 0 amide bonds. The van der Waals surface area contributed by atoms with E-state index in [1.165, 1.54) is 0 Å². The first-order chi connectivity index (χ1) is 11.3. The Hall–Kier alpha value is -3.02. The number of carbonyl (C=O) groups excluding carboxylic acids is 1. The quantitative estimate of drug-likeness (QED) is 0.646. The van der Waals surface area contributed by atoms with E-state index in [9.17, 15) is 4.79 Å². The maximum Gasteiger partial charge on any atom is 0.342 e. The van der Waals surface area contributed by atoms with E-state index in [0.29, 0.717) is 35.1 Å². The minimum absolute atomic E-state index is 0.00347. The molecule has 1 aromatic carbocycles. The van der Waals surface area contributed by atoms with Crippen molar-refractivity contribution < 1.29 is 23.2 Å². The highest BCUT2D eigenvalue weighted by molar-refractivity contribution is 5.92. The summed E-state index contributed by atoms with van der Waals surface area (Å²) in [6.07, 6.45) is 1.54. The van der Waals surface area contributed by atoms with E-state index >= 15 is 0 Å². The lowest BCUT2D eigenvalue weighted by atomic mass is 10.2. The third-order valence-corrected chi connectivity index (χ3v) is 3.08. The molecule has 0 radical (unpaired) electrons. The number of hydrogen-bond acceptors (Lipinski definition) is 6. The molecule has 0 aliphatic carbocycles. The van der Waals surface area contributed by atoms with Gasteiger partial charge in [0, 0.05) is 6.07 Å². The molecule has 0 aliphatic rings. The van der Waals surface area contributed by atoms with E-state index in [1.807, 2.05) is 6.92 Å². The average molecular weight is 313 g/mol. The molecule has 0 fully saturated rings. The second kappa shape index (κ2) is 6.83. The first kappa shape index (κ1) is 14.9. The molecular formula is C17H15NO5. The number of aromatic nitrogens is 1. The summed E-state index contributed by atoms with van der Waals surface area (Å²) in [5.41, 5.74) is 0.878. The normalized spacial score (nSPS) is 10.5. The molecule has 2 heterocycles. The van der Waals surface area contributed by atoms with Crippen LogP contribution in [0.2, 0.25) is 0 Å². The van der Waals surface area contributed by atoms with E-state index < -0.39 is 5.97 Å². The molecule has 0 aliphatic heterocycles. The summed E-state index contributed by atoms with van der Waals surface area (Å²) in [5.74, 6) is 1.07. The minimum atomic E-state index is -0.475. The fourth-order valence-electron chi connectivity index (χ4n) is 2.05. The van der Waals surface area contributed by atoms with Gasteiger partial charge < -0.3 is 18.4 Å². The van der Waals surface area contributed by atoms with E-state index in [0.717, 1.165) is 0 Å². The second-order valence-electron chi connectivity index (χ2n) is 4.67.